The summed E-state index contributed by atoms with van der Waals surface area (Å²) < 4.78 is 15.8. The first-order valence-electron chi connectivity index (χ1n) is 6.82. The van der Waals surface area contributed by atoms with Crippen LogP contribution in [-0.4, -0.2) is 19.8 Å². The Balaban J connectivity index is 1.84. The lowest BCUT2D eigenvalue weighted by Crippen LogP contribution is -2.22. The summed E-state index contributed by atoms with van der Waals surface area (Å²) in [5.74, 6) is 0.724. The number of aromatic nitrogens is 4. The molecule has 0 atom stereocenters. The molecule has 0 N–H and O–H groups in total. The van der Waals surface area contributed by atoms with E-state index in [0.29, 0.717) is 18.3 Å². The zero-order valence-corrected chi connectivity index (χ0v) is 12.4. The van der Waals surface area contributed by atoms with Gasteiger partial charge in [-0.15, -0.1) is 11.3 Å². The van der Waals surface area contributed by atoms with E-state index in [2.05, 4.69) is 10.4 Å². The Hall–Kier alpha value is -2.41. The number of para-hydroxylation sites is 1. The van der Waals surface area contributed by atoms with Crippen molar-refractivity contribution in [1.82, 2.24) is 19.8 Å². The summed E-state index contributed by atoms with van der Waals surface area (Å²) in [4.78, 5) is 12.8. The molecular weight excluding hydrogens is 288 g/mol. The summed E-state index contributed by atoms with van der Waals surface area (Å²) in [6.07, 6.45) is 0. The lowest BCUT2D eigenvalue weighted by atomic mass is 10.2. The molecule has 3 aromatic rings. The number of rotatable bonds is 4. The molecule has 0 bridgehead atoms. The quantitative estimate of drug-likeness (QED) is 0.739. The second kappa shape index (κ2) is 5.53. The minimum atomic E-state index is -0.297. The SMILES string of the molecule is [3H]c1ccc(OCc2sccc2-n2nnn(C)c2=O)c(C)c1. The summed E-state index contributed by atoms with van der Waals surface area (Å²) in [7, 11) is 1.56. The molecule has 0 radical (unpaired) electrons. The van der Waals surface area contributed by atoms with Gasteiger partial charge in [0.05, 0.1) is 11.9 Å². The fourth-order valence-corrected chi connectivity index (χ4v) is 2.66. The number of benzene rings is 1. The van der Waals surface area contributed by atoms with Crippen LogP contribution in [0.25, 0.3) is 5.69 Å². The predicted molar refractivity (Wildman–Crippen MR) is 80.0 cm³/mol. The summed E-state index contributed by atoms with van der Waals surface area (Å²) in [5.41, 5.74) is 1.29. The van der Waals surface area contributed by atoms with Gasteiger partial charge in [-0.2, -0.15) is 9.36 Å². The van der Waals surface area contributed by atoms with Crippen molar-refractivity contribution in [3.05, 3.63) is 56.6 Å². The van der Waals surface area contributed by atoms with Crippen molar-refractivity contribution >= 4 is 11.3 Å². The van der Waals surface area contributed by atoms with Crippen LogP contribution in [0.1, 0.15) is 11.8 Å². The van der Waals surface area contributed by atoms with E-state index in [1.807, 2.05) is 18.4 Å². The van der Waals surface area contributed by atoms with Crippen LogP contribution in [0, 0.1) is 6.92 Å². The average Bonchev–Trinajstić information content (AvgIpc) is 3.06. The van der Waals surface area contributed by atoms with Crippen molar-refractivity contribution in [2.75, 3.05) is 0 Å². The second-order valence-electron chi connectivity index (χ2n) is 4.51. The molecule has 2 aromatic heterocycles. The Bertz CT molecular complexity index is 868. The van der Waals surface area contributed by atoms with Crippen LogP contribution >= 0.6 is 11.3 Å². The lowest BCUT2D eigenvalue weighted by Gasteiger charge is -2.08. The average molecular weight is 304 g/mol. The molecule has 108 valence electrons. The van der Waals surface area contributed by atoms with Gasteiger partial charge < -0.3 is 4.74 Å². The van der Waals surface area contributed by atoms with Gasteiger partial charge in [0.2, 0.25) is 0 Å². The third kappa shape index (κ3) is 2.59. The zero-order valence-electron chi connectivity index (χ0n) is 12.6. The zero-order chi connectivity index (χ0) is 15.7. The second-order valence-corrected chi connectivity index (χ2v) is 5.51. The number of thiophene rings is 1. The van der Waals surface area contributed by atoms with Crippen molar-refractivity contribution < 1.29 is 6.11 Å². The van der Waals surface area contributed by atoms with Crippen LogP contribution in [0.3, 0.4) is 0 Å². The molecule has 0 unspecified atom stereocenters. The first-order chi connectivity index (χ1) is 10.6. The Morgan fingerprint density at radius 2 is 2.24 bits per heavy atom. The van der Waals surface area contributed by atoms with E-state index in [4.69, 9.17) is 6.11 Å². The number of ether oxygens (including phenoxy) is 1. The fourth-order valence-electron chi connectivity index (χ4n) is 1.90. The van der Waals surface area contributed by atoms with Crippen LogP contribution in [0.2, 0.25) is 0 Å². The first kappa shape index (κ1) is 12.3. The van der Waals surface area contributed by atoms with Gasteiger partial charge in [-0.3, -0.25) is 0 Å². The molecule has 0 spiro atoms. The van der Waals surface area contributed by atoms with Gasteiger partial charge in [0.15, 0.2) is 0 Å². The highest BCUT2D eigenvalue weighted by Gasteiger charge is 2.13. The number of hydrogen-bond acceptors (Lipinski definition) is 5. The van der Waals surface area contributed by atoms with Gasteiger partial charge in [-0.05, 0) is 40.4 Å². The van der Waals surface area contributed by atoms with E-state index in [-0.39, 0.29) is 5.69 Å². The van der Waals surface area contributed by atoms with E-state index in [1.54, 1.807) is 25.2 Å². The van der Waals surface area contributed by atoms with Gasteiger partial charge in [0.25, 0.3) is 0 Å². The Kier molecular flexibility index (Phi) is 3.25. The van der Waals surface area contributed by atoms with Crippen LogP contribution < -0.4 is 10.4 Å². The highest BCUT2D eigenvalue weighted by Crippen LogP contribution is 2.23. The molecular formula is C14H14N4O2S. The molecule has 0 aliphatic rings. The van der Waals surface area contributed by atoms with E-state index in [9.17, 15) is 4.79 Å². The maximum atomic E-state index is 11.9. The van der Waals surface area contributed by atoms with Gasteiger partial charge in [0.1, 0.15) is 12.4 Å². The molecule has 6 nitrogen and oxygen atoms in total. The van der Waals surface area contributed by atoms with Gasteiger partial charge in [-0.1, -0.05) is 18.2 Å². The van der Waals surface area contributed by atoms with E-state index < -0.39 is 0 Å². The minimum Gasteiger partial charge on any atom is -0.488 e. The standard InChI is InChI=1S/C14H14N4O2S/c1-10-5-3-4-6-12(10)20-9-13-11(7-8-21-13)18-14(19)17(2)15-16-18/h3-8H,9H2,1-2H3/i3T. The van der Waals surface area contributed by atoms with Crippen LogP contribution in [-0.2, 0) is 13.7 Å². The highest BCUT2D eigenvalue weighted by atomic mass is 32.1. The third-order valence-corrected chi connectivity index (χ3v) is 3.93. The molecule has 7 heteroatoms. The van der Waals surface area contributed by atoms with Crippen molar-refractivity contribution in [2.24, 2.45) is 7.05 Å². The van der Waals surface area contributed by atoms with Crippen molar-refractivity contribution in [1.29, 1.82) is 0 Å². The lowest BCUT2D eigenvalue weighted by molar-refractivity contribution is 0.307. The van der Waals surface area contributed by atoms with E-state index in [1.165, 1.54) is 20.7 Å². The fraction of sp³-hybridized carbons (Fsp3) is 0.214. The molecule has 0 aliphatic heterocycles. The molecule has 2 heterocycles. The molecule has 0 amide bonds. The van der Waals surface area contributed by atoms with Crippen molar-refractivity contribution in [3.63, 3.8) is 0 Å². The van der Waals surface area contributed by atoms with Gasteiger partial charge >= 0.3 is 5.69 Å². The summed E-state index contributed by atoms with van der Waals surface area (Å²) in [5, 5.41) is 9.45. The monoisotopic (exact) mass is 304 g/mol. The van der Waals surface area contributed by atoms with E-state index >= 15 is 0 Å². The highest BCUT2D eigenvalue weighted by molar-refractivity contribution is 7.10. The Morgan fingerprint density at radius 3 is 2.95 bits per heavy atom. The van der Waals surface area contributed by atoms with Gasteiger partial charge in [0, 0.05) is 7.05 Å². The van der Waals surface area contributed by atoms with Crippen molar-refractivity contribution in [2.45, 2.75) is 13.5 Å². The summed E-state index contributed by atoms with van der Waals surface area (Å²) in [6, 6.07) is 7.48. The molecule has 0 fully saturated rings. The molecule has 1 aromatic carbocycles. The normalized spacial score (nSPS) is 11.4. The maximum absolute atomic E-state index is 11.9. The summed E-state index contributed by atoms with van der Waals surface area (Å²) in [6.45, 7) is 2.23. The largest absolute Gasteiger partial charge is 0.488 e. The molecule has 3 rings (SSSR count). The number of tetrazole rings is 1. The molecule has 0 aliphatic carbocycles. The van der Waals surface area contributed by atoms with Gasteiger partial charge in [-0.25, -0.2) is 4.79 Å². The topological polar surface area (TPSA) is 61.9 Å². The first-order valence-corrected chi connectivity index (χ1v) is 7.20. The Morgan fingerprint density at radius 1 is 1.38 bits per heavy atom. The maximum Gasteiger partial charge on any atom is 0.368 e. The third-order valence-electron chi connectivity index (χ3n) is 3.05. The number of nitrogens with zero attached hydrogens (tertiary/aromatic N) is 4. The van der Waals surface area contributed by atoms with Crippen molar-refractivity contribution in [3.8, 4) is 11.4 Å². The van der Waals surface area contributed by atoms with Crippen LogP contribution in [0.15, 0.2) is 40.5 Å². The number of aryl methyl sites for hydroxylation is 2. The van der Waals surface area contributed by atoms with Crippen LogP contribution in [0.5, 0.6) is 5.75 Å². The Labute approximate surface area is 126 Å². The number of hydrogen-bond donors (Lipinski definition) is 0. The van der Waals surface area contributed by atoms with E-state index in [0.717, 1.165) is 16.2 Å². The minimum absolute atomic E-state index is 0.297. The molecule has 0 saturated carbocycles. The molecule has 21 heavy (non-hydrogen) atoms. The smallest absolute Gasteiger partial charge is 0.368 e. The predicted octanol–water partition coefficient (Wildman–Crippen LogP) is 1.91. The van der Waals surface area contributed by atoms with Crippen LogP contribution in [0.4, 0.5) is 0 Å². The molecule has 0 saturated heterocycles. The summed E-state index contributed by atoms with van der Waals surface area (Å²) >= 11 is 1.49.